The van der Waals surface area contributed by atoms with E-state index in [1.54, 1.807) is 18.2 Å². The smallest absolute Gasteiger partial charge is 0.279 e. The summed E-state index contributed by atoms with van der Waals surface area (Å²) in [5.74, 6) is 0.390. The number of rotatable bonds is 2. The molecule has 30 heavy (non-hydrogen) atoms. The van der Waals surface area contributed by atoms with Crippen LogP contribution in [-0.4, -0.2) is 35.5 Å². The van der Waals surface area contributed by atoms with E-state index in [0.717, 1.165) is 15.1 Å². The molecule has 9 heteroatoms. The Morgan fingerprint density at radius 1 is 1.03 bits per heavy atom. The Labute approximate surface area is 175 Å². The third-order valence-corrected chi connectivity index (χ3v) is 6.17. The second kappa shape index (κ2) is 7.10. The number of imide groups is 1. The molecule has 0 saturated carbocycles. The van der Waals surface area contributed by atoms with Gasteiger partial charge in [0.2, 0.25) is 11.8 Å². The minimum atomic E-state index is -0.449. The number of nitrogens with zero attached hydrogens (tertiary/aromatic N) is 3. The molecule has 1 aromatic heterocycles. The van der Waals surface area contributed by atoms with Crippen LogP contribution in [-0.2, 0) is 16.6 Å². The summed E-state index contributed by atoms with van der Waals surface area (Å²) in [5.41, 5.74) is 1.59. The van der Waals surface area contributed by atoms with Gasteiger partial charge >= 0.3 is 0 Å². The first-order chi connectivity index (χ1) is 14.5. The molecular formula is C21H17N3O5S. The van der Waals surface area contributed by atoms with Crippen molar-refractivity contribution >= 4 is 45.0 Å². The van der Waals surface area contributed by atoms with Gasteiger partial charge in [0.25, 0.3) is 5.91 Å². The minimum Gasteiger partial charge on any atom is -0.486 e. The van der Waals surface area contributed by atoms with Crippen molar-refractivity contribution in [3.05, 3.63) is 46.8 Å². The van der Waals surface area contributed by atoms with Gasteiger partial charge in [-0.3, -0.25) is 19.3 Å². The number of carbonyl (C=O) groups excluding carboxylic acids is 3. The summed E-state index contributed by atoms with van der Waals surface area (Å²) in [6, 6.07) is 10.2. The number of anilines is 1. The third-order valence-electron chi connectivity index (χ3n) is 5.07. The molecule has 2 aliphatic heterocycles. The molecule has 2 aromatic carbocycles. The molecule has 8 nitrogen and oxygen atoms in total. The van der Waals surface area contributed by atoms with Gasteiger partial charge in [0.05, 0.1) is 15.9 Å². The zero-order valence-corrected chi connectivity index (χ0v) is 16.9. The summed E-state index contributed by atoms with van der Waals surface area (Å²) >= 11 is 1.37. The van der Waals surface area contributed by atoms with Crippen LogP contribution in [0.1, 0.15) is 23.2 Å². The lowest BCUT2D eigenvalue weighted by Crippen LogP contribution is -2.28. The van der Waals surface area contributed by atoms with Crippen LogP contribution in [0.4, 0.5) is 5.69 Å². The number of hydrogen-bond donors (Lipinski definition) is 0. The average molecular weight is 423 g/mol. The first-order valence-corrected chi connectivity index (χ1v) is 10.3. The van der Waals surface area contributed by atoms with E-state index in [1.165, 1.54) is 17.4 Å². The first-order valence-electron chi connectivity index (χ1n) is 9.45. The van der Waals surface area contributed by atoms with Gasteiger partial charge in [0.15, 0.2) is 16.3 Å². The summed E-state index contributed by atoms with van der Waals surface area (Å²) in [5, 5.41) is 0. The quantitative estimate of drug-likeness (QED) is 0.591. The zero-order chi connectivity index (χ0) is 20.8. The van der Waals surface area contributed by atoms with E-state index in [0.29, 0.717) is 40.8 Å². The van der Waals surface area contributed by atoms with E-state index < -0.39 is 5.91 Å². The SMILES string of the molecule is Cn1c(=NC(=O)c2cccc(N3C(=O)CCC3=O)c2)sc2cc3c(cc21)OCCO3. The van der Waals surface area contributed by atoms with Gasteiger partial charge in [0, 0.05) is 37.6 Å². The predicted octanol–water partition coefficient (Wildman–Crippen LogP) is 2.41. The number of amides is 3. The molecule has 0 unspecified atom stereocenters. The molecule has 0 atom stereocenters. The predicted molar refractivity (Wildman–Crippen MR) is 110 cm³/mol. The summed E-state index contributed by atoms with van der Waals surface area (Å²) < 4.78 is 14.0. The number of benzene rings is 2. The molecule has 3 aromatic rings. The Hall–Kier alpha value is -3.46. The third kappa shape index (κ3) is 3.07. The normalized spacial score (nSPS) is 16.6. The van der Waals surface area contributed by atoms with Gasteiger partial charge in [-0.25, -0.2) is 0 Å². The largest absolute Gasteiger partial charge is 0.486 e. The zero-order valence-electron chi connectivity index (χ0n) is 16.1. The van der Waals surface area contributed by atoms with Crippen LogP contribution in [0.25, 0.3) is 10.2 Å². The van der Waals surface area contributed by atoms with E-state index in [9.17, 15) is 14.4 Å². The van der Waals surface area contributed by atoms with Gasteiger partial charge in [-0.15, -0.1) is 0 Å². The lowest BCUT2D eigenvalue weighted by atomic mass is 10.2. The van der Waals surface area contributed by atoms with E-state index in [-0.39, 0.29) is 24.7 Å². The number of hydrogen-bond acceptors (Lipinski definition) is 6. The van der Waals surface area contributed by atoms with E-state index in [4.69, 9.17) is 9.47 Å². The molecule has 152 valence electrons. The van der Waals surface area contributed by atoms with E-state index >= 15 is 0 Å². The van der Waals surface area contributed by atoms with Crippen molar-refractivity contribution < 1.29 is 23.9 Å². The van der Waals surface area contributed by atoms with Crippen molar-refractivity contribution in [2.45, 2.75) is 12.8 Å². The number of aryl methyl sites for hydroxylation is 1. The number of fused-ring (bicyclic) bond motifs is 2. The lowest BCUT2D eigenvalue weighted by Gasteiger charge is -2.18. The molecule has 0 aliphatic carbocycles. The highest BCUT2D eigenvalue weighted by atomic mass is 32.1. The Bertz CT molecular complexity index is 1270. The molecule has 2 aliphatic rings. The maximum absolute atomic E-state index is 12.8. The molecule has 0 bridgehead atoms. The van der Waals surface area contributed by atoms with Crippen molar-refractivity contribution in [3.63, 3.8) is 0 Å². The molecule has 0 N–H and O–H groups in total. The Morgan fingerprint density at radius 2 is 1.73 bits per heavy atom. The average Bonchev–Trinajstić information content (AvgIpc) is 3.24. The Balaban J connectivity index is 1.52. The highest BCUT2D eigenvalue weighted by molar-refractivity contribution is 7.16. The van der Waals surface area contributed by atoms with E-state index in [2.05, 4.69) is 4.99 Å². The van der Waals surface area contributed by atoms with Gasteiger partial charge in [-0.2, -0.15) is 4.99 Å². The lowest BCUT2D eigenvalue weighted by molar-refractivity contribution is -0.121. The highest BCUT2D eigenvalue weighted by Crippen LogP contribution is 2.35. The number of ether oxygens (including phenoxy) is 2. The van der Waals surface area contributed by atoms with Crippen LogP contribution in [0.5, 0.6) is 11.5 Å². The van der Waals surface area contributed by atoms with Crippen LogP contribution in [0.3, 0.4) is 0 Å². The Morgan fingerprint density at radius 3 is 2.47 bits per heavy atom. The molecule has 0 spiro atoms. The summed E-state index contributed by atoms with van der Waals surface area (Å²) in [6.07, 6.45) is 0.382. The summed E-state index contributed by atoms with van der Waals surface area (Å²) in [7, 11) is 1.83. The van der Waals surface area contributed by atoms with Crippen LogP contribution in [0.2, 0.25) is 0 Å². The molecular weight excluding hydrogens is 406 g/mol. The second-order valence-corrected chi connectivity index (χ2v) is 8.01. The van der Waals surface area contributed by atoms with Crippen molar-refractivity contribution in [1.82, 2.24) is 4.57 Å². The maximum Gasteiger partial charge on any atom is 0.279 e. The molecule has 0 radical (unpaired) electrons. The van der Waals surface area contributed by atoms with Gasteiger partial charge in [-0.1, -0.05) is 17.4 Å². The molecule has 3 heterocycles. The topological polar surface area (TPSA) is 90.2 Å². The first kappa shape index (κ1) is 18.6. The van der Waals surface area contributed by atoms with Crippen molar-refractivity contribution in [2.75, 3.05) is 18.1 Å². The van der Waals surface area contributed by atoms with Crippen LogP contribution < -0.4 is 19.2 Å². The van der Waals surface area contributed by atoms with Crippen molar-refractivity contribution in [1.29, 1.82) is 0 Å². The summed E-state index contributed by atoms with van der Waals surface area (Å²) in [6.45, 7) is 1.00. The fraction of sp³-hybridized carbons (Fsp3) is 0.238. The fourth-order valence-corrected chi connectivity index (χ4v) is 4.59. The number of aromatic nitrogens is 1. The van der Waals surface area contributed by atoms with Gasteiger partial charge in [-0.05, 0) is 18.2 Å². The standard InChI is InChI=1S/C21H17N3O5S/c1-23-14-10-15-16(29-8-7-28-15)11-17(14)30-21(23)22-20(27)12-3-2-4-13(9-12)24-18(25)5-6-19(24)26/h2-4,9-11H,5-8H2,1H3. The highest BCUT2D eigenvalue weighted by Gasteiger charge is 2.30. The summed E-state index contributed by atoms with van der Waals surface area (Å²) in [4.78, 5) is 42.7. The minimum absolute atomic E-state index is 0.191. The molecule has 1 saturated heterocycles. The van der Waals surface area contributed by atoms with Gasteiger partial charge in [0.1, 0.15) is 13.2 Å². The van der Waals surface area contributed by atoms with E-state index in [1.807, 2.05) is 23.7 Å². The monoisotopic (exact) mass is 423 g/mol. The molecule has 1 fully saturated rings. The number of thiazole rings is 1. The van der Waals surface area contributed by atoms with Crippen molar-refractivity contribution in [2.24, 2.45) is 12.0 Å². The van der Waals surface area contributed by atoms with Gasteiger partial charge < -0.3 is 14.0 Å². The van der Waals surface area contributed by atoms with Crippen molar-refractivity contribution in [3.8, 4) is 11.5 Å². The Kier molecular flexibility index (Phi) is 4.39. The fourth-order valence-electron chi connectivity index (χ4n) is 3.56. The van der Waals surface area contributed by atoms with Crippen LogP contribution in [0.15, 0.2) is 41.4 Å². The van der Waals surface area contributed by atoms with Crippen LogP contribution >= 0.6 is 11.3 Å². The molecule has 3 amide bonds. The maximum atomic E-state index is 12.8. The number of carbonyl (C=O) groups is 3. The van der Waals surface area contributed by atoms with Crippen LogP contribution in [0, 0.1) is 0 Å². The second-order valence-electron chi connectivity index (χ2n) is 7.00. The molecule has 5 rings (SSSR count).